The number of sulfone groups is 1. The second-order valence-corrected chi connectivity index (χ2v) is 12.4. The van der Waals surface area contributed by atoms with Crippen LogP contribution in [0, 0.1) is 0 Å². The Hall–Kier alpha value is -5.14. The first-order valence-electron chi connectivity index (χ1n) is 14.9. The molecule has 2 N–H and O–H groups in total. The van der Waals surface area contributed by atoms with E-state index in [1.165, 1.54) is 24.3 Å². The molecule has 0 bridgehead atoms. The van der Waals surface area contributed by atoms with Crippen LogP contribution in [0.15, 0.2) is 41.6 Å². The van der Waals surface area contributed by atoms with E-state index in [0.29, 0.717) is 17.9 Å². The summed E-state index contributed by atoms with van der Waals surface area (Å²) in [4.78, 5) is 93.9. The van der Waals surface area contributed by atoms with Gasteiger partial charge in [-0.2, -0.15) is 0 Å². The number of hydrogen-bond acceptors (Lipinski definition) is 15. The van der Waals surface area contributed by atoms with E-state index in [1.54, 1.807) is 0 Å². The normalized spacial score (nSPS) is 12.9. The number of imide groups is 1. The van der Waals surface area contributed by atoms with Crippen molar-refractivity contribution in [2.75, 3.05) is 39.6 Å². The minimum absolute atomic E-state index is 0.0103. The number of benzene rings is 1. The average molecular weight is 707 g/mol. The van der Waals surface area contributed by atoms with Crippen molar-refractivity contribution in [1.29, 1.82) is 0 Å². The molecule has 1 fully saturated rings. The maximum Gasteiger partial charge on any atom is 0.358 e. The van der Waals surface area contributed by atoms with E-state index in [-0.39, 0.29) is 85.6 Å². The number of carbonyl (C=O) groups is 7. The number of Topliss-reactive ketones (excluding diaryl/α,β-unsaturated/α-hetero) is 2. The van der Waals surface area contributed by atoms with Gasteiger partial charge in [-0.1, -0.05) is 0 Å². The van der Waals surface area contributed by atoms with Gasteiger partial charge in [0.25, 0.3) is 17.7 Å². The van der Waals surface area contributed by atoms with E-state index in [4.69, 9.17) is 19.3 Å². The van der Waals surface area contributed by atoms with Crippen LogP contribution in [-0.2, 0) is 58.7 Å². The molecule has 1 aliphatic heterocycles. The highest BCUT2D eigenvalue weighted by molar-refractivity contribution is 7.90. The number of aromatic nitrogens is 2. The third kappa shape index (κ3) is 13.5. The number of carboxylic acids is 1. The number of carbonyl (C=O) groups excluding carboxylic acids is 6. The third-order valence-electron chi connectivity index (χ3n) is 6.45. The van der Waals surface area contributed by atoms with Gasteiger partial charge in [0.15, 0.2) is 28.0 Å². The van der Waals surface area contributed by atoms with E-state index in [0.717, 1.165) is 12.4 Å². The van der Waals surface area contributed by atoms with Crippen LogP contribution in [0.25, 0.3) is 0 Å². The highest BCUT2D eigenvalue weighted by Crippen LogP contribution is 2.19. The van der Waals surface area contributed by atoms with Crippen molar-refractivity contribution in [3.05, 3.63) is 48.0 Å². The van der Waals surface area contributed by atoms with Gasteiger partial charge in [0.05, 0.1) is 17.0 Å². The van der Waals surface area contributed by atoms with Gasteiger partial charge in [-0.3, -0.25) is 24.0 Å². The Balaban J connectivity index is 1.24. The number of ether oxygens (including phenoxy) is 3. The van der Waals surface area contributed by atoms with E-state index >= 15 is 0 Å². The largest absolute Gasteiger partial charge is 0.482 e. The Bertz CT molecular complexity index is 1610. The van der Waals surface area contributed by atoms with E-state index in [2.05, 4.69) is 20.1 Å². The third-order valence-corrected chi connectivity index (χ3v) is 8.08. The molecular weight excluding hydrogens is 672 g/mol. The molecule has 264 valence electrons. The lowest BCUT2D eigenvalue weighted by Gasteiger charge is -2.12. The monoisotopic (exact) mass is 706 g/mol. The number of nitrogens with zero attached hydrogens (tertiary/aromatic N) is 3. The maximum absolute atomic E-state index is 12.7. The topological polar surface area (TPSA) is 252 Å². The fourth-order valence-electron chi connectivity index (χ4n) is 4.00. The summed E-state index contributed by atoms with van der Waals surface area (Å²) < 4.78 is 40.7. The number of hydrogen-bond donors (Lipinski definition) is 2. The molecule has 1 saturated heterocycles. The Morgan fingerprint density at radius 2 is 1.43 bits per heavy atom. The molecule has 2 aromatic rings. The van der Waals surface area contributed by atoms with Crippen molar-refractivity contribution in [3.63, 3.8) is 0 Å². The van der Waals surface area contributed by atoms with Crippen LogP contribution in [0.3, 0.4) is 0 Å². The number of nitrogens with one attached hydrogen (secondary N) is 1. The van der Waals surface area contributed by atoms with Gasteiger partial charge >= 0.3 is 11.9 Å². The first-order valence-corrected chi connectivity index (χ1v) is 16.5. The first-order chi connectivity index (χ1) is 23.3. The van der Waals surface area contributed by atoms with Gasteiger partial charge in [-0.25, -0.2) is 28.0 Å². The molecule has 18 nitrogen and oxygen atoms in total. The smallest absolute Gasteiger partial charge is 0.358 e. The van der Waals surface area contributed by atoms with Crippen molar-refractivity contribution in [2.45, 2.75) is 49.2 Å². The summed E-state index contributed by atoms with van der Waals surface area (Å²) in [5.41, 5.74) is 0.0103. The summed E-state index contributed by atoms with van der Waals surface area (Å²) in [6, 6.07) is 5.16. The van der Waals surface area contributed by atoms with Crippen LogP contribution in [0.2, 0.25) is 0 Å². The number of aliphatic carboxylic acids is 1. The molecule has 2 heterocycles. The van der Waals surface area contributed by atoms with Gasteiger partial charge in [0.1, 0.15) is 30.5 Å². The molecule has 3 rings (SSSR count). The lowest BCUT2D eigenvalue weighted by Crippen LogP contribution is -2.33. The zero-order valence-corrected chi connectivity index (χ0v) is 27.0. The summed E-state index contributed by atoms with van der Waals surface area (Å²) in [5, 5.41) is 11.5. The van der Waals surface area contributed by atoms with Crippen molar-refractivity contribution >= 4 is 51.1 Å². The minimum Gasteiger partial charge on any atom is -0.482 e. The summed E-state index contributed by atoms with van der Waals surface area (Å²) in [6.45, 7) is -1.33. The lowest BCUT2D eigenvalue weighted by molar-refractivity contribution is -0.200. The van der Waals surface area contributed by atoms with Crippen LogP contribution in [0.5, 0.6) is 5.75 Å². The summed E-state index contributed by atoms with van der Waals surface area (Å²) in [5.74, 6) is -4.87. The van der Waals surface area contributed by atoms with Gasteiger partial charge in [0.2, 0.25) is 0 Å². The van der Waals surface area contributed by atoms with Crippen molar-refractivity contribution < 1.29 is 66.1 Å². The number of hydroxylamine groups is 2. The Morgan fingerprint density at radius 3 is 2.04 bits per heavy atom. The molecule has 0 atom stereocenters. The van der Waals surface area contributed by atoms with Crippen LogP contribution in [-0.4, -0.2) is 109 Å². The predicted octanol–water partition coefficient (Wildman–Crippen LogP) is -0.0173. The molecule has 49 heavy (non-hydrogen) atoms. The molecule has 1 aromatic carbocycles. The molecular formula is C30H34N4O14S. The van der Waals surface area contributed by atoms with E-state index in [1.807, 2.05) is 0 Å². The molecule has 1 aliphatic rings. The number of carboxylic acid groups (broad SMARTS) is 1. The lowest BCUT2D eigenvalue weighted by atomic mass is 10.2. The predicted molar refractivity (Wildman–Crippen MR) is 162 cm³/mol. The SMILES string of the molecule is O=C(O)COc1ccc(S(=O)(=O)Cc2ncc(C(=O)NCC(=O)CCCOCC(=O)CCCOCC(=O)ON3C(=O)CCC3=O)cn2)cc1. The Kier molecular flexibility index (Phi) is 14.9. The van der Waals surface area contributed by atoms with Gasteiger partial charge in [-0.15, -0.1) is 5.06 Å². The average Bonchev–Trinajstić information content (AvgIpc) is 3.38. The number of rotatable bonds is 22. The second kappa shape index (κ2) is 19.0. The zero-order valence-electron chi connectivity index (χ0n) is 26.2. The molecule has 0 aliphatic carbocycles. The highest BCUT2D eigenvalue weighted by Gasteiger charge is 2.32. The van der Waals surface area contributed by atoms with Gasteiger partial charge in [-0.05, 0) is 37.1 Å². The van der Waals surface area contributed by atoms with Crippen LogP contribution < -0.4 is 10.1 Å². The highest BCUT2D eigenvalue weighted by atomic mass is 32.2. The zero-order chi connectivity index (χ0) is 35.8. The molecule has 1 aromatic heterocycles. The summed E-state index contributed by atoms with van der Waals surface area (Å²) in [6.07, 6.45) is 3.03. The fraction of sp³-hybridized carbons (Fsp3) is 0.433. The standard InChI is InChI=1S/C30H34N4O14S/c35-21(3-1-11-45-16-22(36)4-2-12-46-18-29(41)48-34-26(37)9-10-27(34)38)15-33-30(42)20-13-31-25(32-14-20)19-49(43,44)24-7-5-23(6-8-24)47-17-28(39)40/h5-8,13-14H,1-4,9-12,15-19H2,(H,33,42)(H,39,40). The van der Waals surface area contributed by atoms with E-state index in [9.17, 15) is 42.0 Å². The molecule has 0 unspecified atom stereocenters. The Labute approximate surface area is 279 Å². The van der Waals surface area contributed by atoms with Crippen LogP contribution in [0.1, 0.15) is 54.7 Å². The second-order valence-electron chi connectivity index (χ2n) is 10.4. The van der Waals surface area contributed by atoms with Crippen molar-refractivity contribution in [3.8, 4) is 5.75 Å². The quantitative estimate of drug-likeness (QED) is 0.121. The molecule has 19 heteroatoms. The number of ketones is 2. The summed E-state index contributed by atoms with van der Waals surface area (Å²) in [7, 11) is -3.86. The fourth-order valence-corrected chi connectivity index (χ4v) is 5.21. The molecule has 0 radical (unpaired) electrons. The van der Waals surface area contributed by atoms with Crippen LogP contribution >= 0.6 is 0 Å². The van der Waals surface area contributed by atoms with Crippen molar-refractivity contribution in [2.24, 2.45) is 0 Å². The minimum atomic E-state index is -3.86. The maximum atomic E-state index is 12.7. The Morgan fingerprint density at radius 1 is 0.837 bits per heavy atom. The van der Waals surface area contributed by atoms with Gasteiger partial charge in [0, 0.05) is 51.3 Å². The molecule has 0 spiro atoms. The summed E-state index contributed by atoms with van der Waals surface area (Å²) >= 11 is 0. The molecule has 3 amide bonds. The number of amides is 3. The first kappa shape index (κ1) is 38.3. The molecule has 0 saturated carbocycles. The van der Waals surface area contributed by atoms with E-state index < -0.39 is 58.5 Å². The van der Waals surface area contributed by atoms with Crippen LogP contribution in [0.4, 0.5) is 0 Å². The van der Waals surface area contributed by atoms with Crippen molar-refractivity contribution in [1.82, 2.24) is 20.3 Å². The van der Waals surface area contributed by atoms with Gasteiger partial charge < -0.3 is 29.5 Å².